The van der Waals surface area contributed by atoms with Crippen molar-refractivity contribution in [2.45, 2.75) is 24.8 Å². The van der Waals surface area contributed by atoms with Crippen LogP contribution in [0.25, 0.3) is 0 Å². The Balaban J connectivity index is 1.65. The van der Waals surface area contributed by atoms with Crippen molar-refractivity contribution in [2.24, 2.45) is 16.8 Å². The summed E-state index contributed by atoms with van der Waals surface area (Å²) in [6.45, 7) is 1.53. The Labute approximate surface area is 218 Å². The third kappa shape index (κ3) is 5.93. The molecule has 8 nitrogen and oxygen atoms in total. The van der Waals surface area contributed by atoms with Crippen LogP contribution in [-0.2, 0) is 0 Å². The molecule has 0 radical (unpaired) electrons. The number of nitrogens with zero attached hydrogens (tertiary/aromatic N) is 3. The molecule has 1 aliphatic rings. The minimum atomic E-state index is -0.430. The first kappa shape index (κ1) is 26.2. The molecule has 1 aliphatic heterocycles. The van der Waals surface area contributed by atoms with Gasteiger partial charge in [-0.05, 0) is 43.5 Å². The minimum Gasteiger partial charge on any atom is -0.493 e. The van der Waals surface area contributed by atoms with E-state index >= 15 is 0 Å². The number of methoxy groups -OCH3 is 2. The normalized spacial score (nSPS) is 15.7. The first-order chi connectivity index (χ1) is 18.1. The number of likely N-dealkylation sites (tertiary alicyclic amines) is 1. The molecule has 1 saturated heterocycles. The summed E-state index contributed by atoms with van der Waals surface area (Å²) >= 11 is 0. The summed E-state index contributed by atoms with van der Waals surface area (Å²) in [7, 11) is 3.21. The number of hydrogen-bond acceptors (Lipinski definition) is 7. The second kappa shape index (κ2) is 12.4. The van der Waals surface area contributed by atoms with Gasteiger partial charge in [0, 0.05) is 11.1 Å². The van der Waals surface area contributed by atoms with Crippen molar-refractivity contribution >= 4 is 11.6 Å². The van der Waals surface area contributed by atoms with Crippen LogP contribution in [0, 0.1) is 0 Å². The number of hydrogen-bond donors (Lipinski definition) is 2. The van der Waals surface area contributed by atoms with E-state index in [2.05, 4.69) is 34.3 Å². The number of carbonyl (C=O) groups is 1. The molecule has 3 aromatic rings. The first-order valence-corrected chi connectivity index (χ1v) is 12.5. The molecule has 8 heteroatoms. The van der Waals surface area contributed by atoms with Crippen molar-refractivity contribution < 1.29 is 14.3 Å². The van der Waals surface area contributed by atoms with Gasteiger partial charge in [-0.1, -0.05) is 72.8 Å². The van der Waals surface area contributed by atoms with Gasteiger partial charge in [-0.25, -0.2) is 5.84 Å². The van der Waals surface area contributed by atoms with E-state index in [0.29, 0.717) is 28.8 Å². The van der Waals surface area contributed by atoms with Crippen LogP contribution >= 0.6 is 0 Å². The molecule has 1 heterocycles. The van der Waals surface area contributed by atoms with E-state index in [1.807, 2.05) is 42.5 Å². The Hall–Kier alpha value is -3.88. The van der Waals surface area contributed by atoms with E-state index in [1.165, 1.54) is 10.6 Å². The van der Waals surface area contributed by atoms with Crippen molar-refractivity contribution in [3.05, 3.63) is 95.6 Å². The minimum absolute atomic E-state index is 0.0662. The highest BCUT2D eigenvalue weighted by Gasteiger charge is 2.35. The molecule has 0 spiro atoms. The first-order valence-electron chi connectivity index (χ1n) is 12.5. The molecule has 0 saturated carbocycles. The van der Waals surface area contributed by atoms with Crippen molar-refractivity contribution in [3.8, 4) is 11.5 Å². The SMILES string of the molecule is COc1cccc(C(/C(=N/N)N(N)CC(=O)c2ccccc2)N2CCC(c3ccccc3)CC2)c1OC. The van der Waals surface area contributed by atoms with Gasteiger partial charge in [0.15, 0.2) is 23.1 Å². The molecule has 0 amide bonds. The predicted octanol–water partition coefficient (Wildman–Crippen LogP) is 3.96. The number of benzene rings is 3. The zero-order chi connectivity index (χ0) is 26.2. The number of Topliss-reactive ketones (excluding diaryl/α,β-unsaturated/α-hetero) is 1. The van der Waals surface area contributed by atoms with Crippen molar-refractivity contribution in [1.82, 2.24) is 9.91 Å². The molecule has 194 valence electrons. The lowest BCUT2D eigenvalue weighted by molar-refractivity contribution is 0.0957. The van der Waals surface area contributed by atoms with E-state index in [-0.39, 0.29) is 12.3 Å². The number of hydrazone groups is 1. The molecule has 4 N–H and O–H groups in total. The van der Waals surface area contributed by atoms with E-state index < -0.39 is 6.04 Å². The van der Waals surface area contributed by atoms with Gasteiger partial charge in [-0.2, -0.15) is 5.10 Å². The van der Waals surface area contributed by atoms with E-state index in [0.717, 1.165) is 31.5 Å². The molecule has 0 aliphatic carbocycles. The summed E-state index contributed by atoms with van der Waals surface area (Å²) in [5, 5.41) is 5.47. The van der Waals surface area contributed by atoms with Crippen LogP contribution in [0.2, 0.25) is 0 Å². The Morgan fingerprint density at radius 1 is 0.973 bits per heavy atom. The maximum atomic E-state index is 13.0. The van der Waals surface area contributed by atoms with Gasteiger partial charge in [0.1, 0.15) is 6.04 Å². The second-order valence-electron chi connectivity index (χ2n) is 9.11. The molecule has 0 aromatic heterocycles. The molecular formula is C29H35N5O3. The number of hydrazine groups is 1. The number of rotatable bonds is 9. The molecule has 4 rings (SSSR count). The van der Waals surface area contributed by atoms with Crippen LogP contribution in [-0.4, -0.2) is 55.4 Å². The quantitative estimate of drug-likeness (QED) is 0.150. The summed E-state index contributed by atoms with van der Waals surface area (Å²) in [4.78, 5) is 15.3. The lowest BCUT2D eigenvalue weighted by Crippen LogP contribution is -2.50. The van der Waals surface area contributed by atoms with E-state index in [1.54, 1.807) is 26.4 Å². The molecule has 0 bridgehead atoms. The van der Waals surface area contributed by atoms with Crippen LogP contribution in [0.5, 0.6) is 11.5 Å². The fourth-order valence-corrected chi connectivity index (χ4v) is 5.10. The van der Waals surface area contributed by atoms with Crippen molar-refractivity contribution in [1.29, 1.82) is 0 Å². The highest BCUT2D eigenvalue weighted by Crippen LogP contribution is 2.40. The van der Waals surface area contributed by atoms with Crippen LogP contribution in [0.1, 0.15) is 46.3 Å². The summed E-state index contributed by atoms with van der Waals surface area (Å²) in [5.41, 5.74) is 2.75. The van der Waals surface area contributed by atoms with Crippen molar-refractivity contribution in [2.75, 3.05) is 33.9 Å². The molecule has 37 heavy (non-hydrogen) atoms. The van der Waals surface area contributed by atoms with Gasteiger partial charge in [-0.3, -0.25) is 14.7 Å². The largest absolute Gasteiger partial charge is 0.493 e. The average molecular weight is 502 g/mol. The van der Waals surface area contributed by atoms with Crippen LogP contribution in [0.15, 0.2) is 84.0 Å². The van der Waals surface area contributed by atoms with Crippen LogP contribution < -0.4 is 21.2 Å². The number of nitrogens with two attached hydrogens (primary N) is 2. The molecule has 1 unspecified atom stereocenters. The van der Waals surface area contributed by atoms with Crippen molar-refractivity contribution in [3.63, 3.8) is 0 Å². The summed E-state index contributed by atoms with van der Waals surface area (Å²) in [5.74, 6) is 14.4. The Morgan fingerprint density at radius 2 is 1.62 bits per heavy atom. The predicted molar refractivity (Wildman–Crippen MR) is 146 cm³/mol. The van der Waals surface area contributed by atoms with Gasteiger partial charge in [0.2, 0.25) is 0 Å². The third-order valence-electron chi connectivity index (χ3n) is 6.97. The van der Waals surface area contributed by atoms with E-state index in [4.69, 9.17) is 21.2 Å². The smallest absolute Gasteiger partial charge is 0.183 e. The van der Waals surface area contributed by atoms with E-state index in [9.17, 15) is 4.79 Å². The molecule has 1 fully saturated rings. The Morgan fingerprint density at radius 3 is 2.22 bits per heavy atom. The lowest BCUT2D eigenvalue weighted by Gasteiger charge is -2.40. The number of para-hydroxylation sites is 1. The van der Waals surface area contributed by atoms with Gasteiger partial charge in [-0.15, -0.1) is 0 Å². The number of ketones is 1. The monoisotopic (exact) mass is 501 g/mol. The average Bonchev–Trinajstić information content (AvgIpc) is 2.96. The van der Waals surface area contributed by atoms with Gasteiger partial charge >= 0.3 is 0 Å². The van der Waals surface area contributed by atoms with Gasteiger partial charge < -0.3 is 15.3 Å². The standard InChI is InChI=1S/C29H35N5O3/c1-36-26-15-9-14-24(28(26)37-2)27(33-18-16-22(17-19-33)21-10-5-3-6-11-21)29(32-30)34(31)20-25(35)23-12-7-4-8-13-23/h3-15,22,27H,16-20,30-31H2,1-2H3/b32-29-. The van der Waals surface area contributed by atoms with Gasteiger partial charge in [0.25, 0.3) is 0 Å². The third-order valence-corrected chi connectivity index (χ3v) is 6.97. The van der Waals surface area contributed by atoms with Crippen LogP contribution in [0.4, 0.5) is 0 Å². The summed E-state index contributed by atoms with van der Waals surface area (Å²) in [6.07, 6.45) is 1.94. The fourth-order valence-electron chi connectivity index (χ4n) is 5.10. The molecular weight excluding hydrogens is 466 g/mol. The fraction of sp³-hybridized carbons (Fsp3) is 0.310. The number of carbonyl (C=O) groups excluding carboxylic acids is 1. The highest BCUT2D eigenvalue weighted by atomic mass is 16.5. The van der Waals surface area contributed by atoms with Crippen LogP contribution in [0.3, 0.4) is 0 Å². The maximum Gasteiger partial charge on any atom is 0.183 e. The maximum absolute atomic E-state index is 13.0. The molecule has 3 aromatic carbocycles. The van der Waals surface area contributed by atoms with Gasteiger partial charge in [0.05, 0.1) is 20.8 Å². The Bertz CT molecular complexity index is 1190. The number of ether oxygens (including phenoxy) is 2. The second-order valence-corrected chi connectivity index (χ2v) is 9.11. The Kier molecular flexibility index (Phi) is 8.77. The zero-order valence-corrected chi connectivity index (χ0v) is 21.4. The number of amidine groups is 1. The zero-order valence-electron chi connectivity index (χ0n) is 21.4. The highest BCUT2D eigenvalue weighted by molar-refractivity contribution is 6.00. The number of piperidine rings is 1. The molecule has 1 atom stereocenters. The summed E-state index contributed by atoms with van der Waals surface area (Å²) in [6, 6.07) is 24.9. The lowest BCUT2D eigenvalue weighted by atomic mass is 9.88. The topological polar surface area (TPSA) is 106 Å². The summed E-state index contributed by atoms with van der Waals surface area (Å²) < 4.78 is 11.4.